The van der Waals surface area contributed by atoms with Crippen molar-refractivity contribution < 1.29 is 19.4 Å². The first-order valence-electron chi connectivity index (χ1n) is 6.91. The van der Waals surface area contributed by atoms with Crippen LogP contribution in [0, 0.1) is 5.92 Å². The molecule has 0 aromatic heterocycles. The third kappa shape index (κ3) is 5.21. The molecule has 0 aromatic rings. The minimum atomic E-state index is -0.940. The number of likely N-dealkylation sites (tertiary alicyclic amines) is 1. The SMILES string of the molecule is C=C(C)COCCNC(=O)N1CCC(C)CC1C(=O)O. The molecule has 114 valence electrons. The third-order valence-corrected chi connectivity index (χ3v) is 3.28. The Bertz CT molecular complexity index is 370. The number of carbonyl (C=O) groups is 2. The van der Waals surface area contributed by atoms with Crippen molar-refractivity contribution in [2.75, 3.05) is 26.3 Å². The van der Waals surface area contributed by atoms with Crippen LogP contribution in [0.1, 0.15) is 26.7 Å². The molecule has 2 N–H and O–H groups in total. The van der Waals surface area contributed by atoms with Gasteiger partial charge < -0.3 is 20.1 Å². The first kappa shape index (κ1) is 16.5. The largest absolute Gasteiger partial charge is 0.480 e. The highest BCUT2D eigenvalue weighted by atomic mass is 16.5. The van der Waals surface area contributed by atoms with E-state index in [1.165, 1.54) is 4.90 Å². The van der Waals surface area contributed by atoms with Crippen molar-refractivity contribution in [3.05, 3.63) is 12.2 Å². The molecule has 1 saturated heterocycles. The lowest BCUT2D eigenvalue weighted by atomic mass is 9.93. The molecule has 0 aromatic carbocycles. The second kappa shape index (κ2) is 7.89. The van der Waals surface area contributed by atoms with E-state index < -0.39 is 12.0 Å². The van der Waals surface area contributed by atoms with Gasteiger partial charge in [0, 0.05) is 13.1 Å². The van der Waals surface area contributed by atoms with Crippen LogP contribution in [0.2, 0.25) is 0 Å². The van der Waals surface area contributed by atoms with Crippen molar-refractivity contribution in [3.8, 4) is 0 Å². The summed E-state index contributed by atoms with van der Waals surface area (Å²) in [5, 5.41) is 11.9. The maximum atomic E-state index is 12.0. The quantitative estimate of drug-likeness (QED) is 0.572. The molecule has 1 heterocycles. The highest BCUT2D eigenvalue weighted by Gasteiger charge is 2.34. The summed E-state index contributed by atoms with van der Waals surface area (Å²) >= 11 is 0. The van der Waals surface area contributed by atoms with Gasteiger partial charge in [0.1, 0.15) is 6.04 Å². The Kier molecular flexibility index (Phi) is 6.51. The lowest BCUT2D eigenvalue weighted by Gasteiger charge is -2.35. The van der Waals surface area contributed by atoms with Gasteiger partial charge in [-0.15, -0.1) is 0 Å². The lowest BCUT2D eigenvalue weighted by Crippen LogP contribution is -2.53. The number of nitrogens with one attached hydrogen (secondary N) is 1. The number of rotatable bonds is 6. The van der Waals surface area contributed by atoms with E-state index in [1.54, 1.807) is 0 Å². The molecule has 1 aliphatic heterocycles. The number of urea groups is 1. The molecule has 0 radical (unpaired) electrons. The van der Waals surface area contributed by atoms with E-state index in [0.29, 0.717) is 38.6 Å². The standard InChI is InChI=1S/C14H24N2O4/c1-10(2)9-20-7-5-15-14(19)16-6-4-11(3)8-12(16)13(17)18/h11-12H,1,4-9H2,2-3H3,(H,15,19)(H,17,18). The smallest absolute Gasteiger partial charge is 0.326 e. The number of hydrogen-bond acceptors (Lipinski definition) is 3. The fraction of sp³-hybridized carbons (Fsp3) is 0.714. The van der Waals surface area contributed by atoms with Gasteiger partial charge in [-0.05, 0) is 25.7 Å². The fourth-order valence-electron chi connectivity index (χ4n) is 2.20. The van der Waals surface area contributed by atoms with Crippen molar-refractivity contribution in [2.45, 2.75) is 32.7 Å². The molecule has 0 aliphatic carbocycles. The van der Waals surface area contributed by atoms with Gasteiger partial charge in [-0.2, -0.15) is 0 Å². The van der Waals surface area contributed by atoms with Crippen LogP contribution in [-0.2, 0) is 9.53 Å². The van der Waals surface area contributed by atoms with Crippen LogP contribution >= 0.6 is 0 Å². The Labute approximate surface area is 119 Å². The van der Waals surface area contributed by atoms with E-state index in [1.807, 2.05) is 13.8 Å². The molecule has 0 bridgehead atoms. The third-order valence-electron chi connectivity index (χ3n) is 3.28. The van der Waals surface area contributed by atoms with E-state index in [0.717, 1.165) is 12.0 Å². The van der Waals surface area contributed by atoms with Crippen LogP contribution in [0.15, 0.2) is 12.2 Å². The Morgan fingerprint density at radius 1 is 1.50 bits per heavy atom. The van der Waals surface area contributed by atoms with Crippen LogP contribution in [-0.4, -0.2) is 54.4 Å². The van der Waals surface area contributed by atoms with Gasteiger partial charge in [0.25, 0.3) is 0 Å². The van der Waals surface area contributed by atoms with E-state index in [2.05, 4.69) is 11.9 Å². The normalized spacial score (nSPS) is 22.4. The Hall–Kier alpha value is -1.56. The van der Waals surface area contributed by atoms with Gasteiger partial charge in [-0.25, -0.2) is 9.59 Å². The molecular formula is C14H24N2O4. The number of carboxylic acid groups (broad SMARTS) is 1. The summed E-state index contributed by atoms with van der Waals surface area (Å²) in [6.45, 7) is 9.29. The Morgan fingerprint density at radius 2 is 2.20 bits per heavy atom. The molecule has 20 heavy (non-hydrogen) atoms. The molecule has 6 nitrogen and oxygen atoms in total. The molecule has 2 amide bonds. The first-order chi connectivity index (χ1) is 9.41. The summed E-state index contributed by atoms with van der Waals surface area (Å²) in [7, 11) is 0. The molecular weight excluding hydrogens is 260 g/mol. The number of ether oxygens (including phenoxy) is 1. The molecule has 1 aliphatic rings. The van der Waals surface area contributed by atoms with E-state index in [-0.39, 0.29) is 6.03 Å². The van der Waals surface area contributed by atoms with Gasteiger partial charge in [0.15, 0.2) is 0 Å². The monoisotopic (exact) mass is 284 g/mol. The first-order valence-corrected chi connectivity index (χ1v) is 6.91. The van der Waals surface area contributed by atoms with Crippen LogP contribution < -0.4 is 5.32 Å². The zero-order valence-corrected chi connectivity index (χ0v) is 12.2. The molecule has 0 spiro atoms. The maximum absolute atomic E-state index is 12.0. The molecule has 1 fully saturated rings. The summed E-state index contributed by atoms with van der Waals surface area (Å²) < 4.78 is 5.28. The van der Waals surface area contributed by atoms with Crippen molar-refractivity contribution in [1.82, 2.24) is 10.2 Å². The highest BCUT2D eigenvalue weighted by Crippen LogP contribution is 2.22. The van der Waals surface area contributed by atoms with Crippen LogP contribution in [0.5, 0.6) is 0 Å². The number of aliphatic carboxylic acids is 1. The average molecular weight is 284 g/mol. The topological polar surface area (TPSA) is 78.9 Å². The molecule has 1 rings (SSSR count). The van der Waals surface area contributed by atoms with Crippen LogP contribution in [0.3, 0.4) is 0 Å². The number of piperidine rings is 1. The molecule has 2 unspecified atom stereocenters. The highest BCUT2D eigenvalue weighted by molar-refractivity contribution is 5.82. The molecule has 2 atom stereocenters. The van der Waals surface area contributed by atoms with Gasteiger partial charge in [-0.1, -0.05) is 19.1 Å². The van der Waals surface area contributed by atoms with Crippen LogP contribution in [0.4, 0.5) is 4.79 Å². The minimum absolute atomic E-state index is 0.330. The predicted molar refractivity (Wildman–Crippen MR) is 75.6 cm³/mol. The maximum Gasteiger partial charge on any atom is 0.326 e. The van der Waals surface area contributed by atoms with Gasteiger partial charge in [-0.3, -0.25) is 0 Å². The van der Waals surface area contributed by atoms with Crippen molar-refractivity contribution in [3.63, 3.8) is 0 Å². The van der Waals surface area contributed by atoms with Crippen molar-refractivity contribution >= 4 is 12.0 Å². The predicted octanol–water partition coefficient (Wildman–Crippen LogP) is 1.47. The minimum Gasteiger partial charge on any atom is -0.480 e. The van der Waals surface area contributed by atoms with E-state index in [4.69, 9.17) is 4.74 Å². The Morgan fingerprint density at radius 3 is 2.80 bits per heavy atom. The second-order valence-electron chi connectivity index (χ2n) is 5.42. The zero-order valence-electron chi connectivity index (χ0n) is 12.2. The second-order valence-corrected chi connectivity index (χ2v) is 5.42. The Balaban J connectivity index is 2.37. The summed E-state index contributed by atoms with van der Waals surface area (Å²) in [5.74, 6) is -0.607. The fourth-order valence-corrected chi connectivity index (χ4v) is 2.20. The van der Waals surface area contributed by atoms with Gasteiger partial charge in [0.2, 0.25) is 0 Å². The summed E-state index contributed by atoms with van der Waals surface area (Å²) in [6.07, 6.45) is 1.35. The summed E-state index contributed by atoms with van der Waals surface area (Å²) in [6, 6.07) is -1.06. The van der Waals surface area contributed by atoms with Gasteiger partial charge >= 0.3 is 12.0 Å². The number of hydrogen-bond donors (Lipinski definition) is 2. The number of carbonyl (C=O) groups excluding carboxylic acids is 1. The van der Waals surface area contributed by atoms with E-state index in [9.17, 15) is 14.7 Å². The zero-order chi connectivity index (χ0) is 15.1. The van der Waals surface area contributed by atoms with E-state index >= 15 is 0 Å². The van der Waals surface area contributed by atoms with Crippen molar-refractivity contribution in [1.29, 1.82) is 0 Å². The number of carboxylic acids is 1. The summed E-state index contributed by atoms with van der Waals surface area (Å²) in [5.41, 5.74) is 0.923. The van der Waals surface area contributed by atoms with Crippen LogP contribution in [0.25, 0.3) is 0 Å². The number of amides is 2. The average Bonchev–Trinajstić information content (AvgIpc) is 2.37. The summed E-state index contributed by atoms with van der Waals surface area (Å²) in [4.78, 5) is 24.6. The van der Waals surface area contributed by atoms with Crippen molar-refractivity contribution in [2.24, 2.45) is 5.92 Å². The lowest BCUT2D eigenvalue weighted by molar-refractivity contribution is -0.143. The van der Waals surface area contributed by atoms with Gasteiger partial charge in [0.05, 0.1) is 13.2 Å². The number of nitrogens with zero attached hydrogens (tertiary/aromatic N) is 1. The molecule has 0 saturated carbocycles. The molecule has 6 heteroatoms.